The summed E-state index contributed by atoms with van der Waals surface area (Å²) >= 11 is 1.78. The van der Waals surface area contributed by atoms with Crippen molar-refractivity contribution in [1.82, 2.24) is 4.72 Å². The Balaban J connectivity index is 1.74. The molecule has 0 heterocycles. The molecule has 5 heteroatoms. The zero-order valence-electron chi connectivity index (χ0n) is 13.8. The Kier molecular flexibility index (Phi) is 5.64. The highest BCUT2D eigenvalue weighted by Gasteiger charge is 2.30. The minimum Gasteiger partial charge on any atom is -0.207 e. The lowest BCUT2D eigenvalue weighted by atomic mass is 9.96. The van der Waals surface area contributed by atoms with Gasteiger partial charge in [-0.05, 0) is 44.0 Å². The summed E-state index contributed by atoms with van der Waals surface area (Å²) in [6.07, 6.45) is 4.18. The van der Waals surface area contributed by atoms with Gasteiger partial charge in [0.1, 0.15) is 0 Å². The molecule has 24 heavy (non-hydrogen) atoms. The average molecular weight is 362 g/mol. The molecule has 0 aromatic heterocycles. The van der Waals surface area contributed by atoms with Gasteiger partial charge in [-0.25, -0.2) is 13.1 Å². The monoisotopic (exact) mass is 361 g/mol. The standard InChI is InChI=1S/C19H23NO2S2/c1-15-11-13-17(14-12-15)24(21,22)20-18-9-5-6-10-19(18)23-16-7-3-2-4-8-16/h2-4,7-8,11-14,18-20H,5-6,9-10H2,1H3. The lowest BCUT2D eigenvalue weighted by Gasteiger charge is -2.31. The first kappa shape index (κ1) is 17.5. The van der Waals surface area contributed by atoms with Crippen LogP contribution < -0.4 is 4.72 Å². The maximum Gasteiger partial charge on any atom is 0.240 e. The predicted octanol–water partition coefficient (Wildman–Crippen LogP) is 4.38. The fraction of sp³-hybridized carbons (Fsp3) is 0.368. The molecule has 2 atom stereocenters. The molecular weight excluding hydrogens is 338 g/mol. The number of hydrogen-bond acceptors (Lipinski definition) is 3. The minimum atomic E-state index is -3.47. The summed E-state index contributed by atoms with van der Waals surface area (Å²) < 4.78 is 28.3. The number of hydrogen-bond donors (Lipinski definition) is 1. The quantitative estimate of drug-likeness (QED) is 0.860. The average Bonchev–Trinajstić information content (AvgIpc) is 2.58. The van der Waals surface area contributed by atoms with E-state index in [1.807, 2.05) is 37.3 Å². The summed E-state index contributed by atoms with van der Waals surface area (Å²) in [5.74, 6) is 0. The minimum absolute atomic E-state index is 0.0183. The Bertz CT molecular complexity index is 758. The number of benzene rings is 2. The molecule has 2 aromatic carbocycles. The van der Waals surface area contributed by atoms with Crippen LogP contribution in [-0.2, 0) is 10.0 Å². The predicted molar refractivity (Wildman–Crippen MR) is 99.8 cm³/mol. The highest BCUT2D eigenvalue weighted by Crippen LogP contribution is 2.34. The van der Waals surface area contributed by atoms with Crippen molar-refractivity contribution in [3.63, 3.8) is 0 Å². The number of aryl methyl sites for hydroxylation is 1. The molecule has 0 aliphatic heterocycles. The van der Waals surface area contributed by atoms with Gasteiger partial charge in [0.25, 0.3) is 0 Å². The summed E-state index contributed by atoms with van der Waals surface area (Å²) in [5, 5.41) is 0.279. The first-order chi connectivity index (χ1) is 11.5. The number of thioether (sulfide) groups is 1. The topological polar surface area (TPSA) is 46.2 Å². The van der Waals surface area contributed by atoms with E-state index in [0.717, 1.165) is 31.2 Å². The Morgan fingerprint density at radius 1 is 0.958 bits per heavy atom. The first-order valence-corrected chi connectivity index (χ1v) is 10.7. The third-order valence-corrected chi connectivity index (χ3v) is 7.29. The highest BCUT2D eigenvalue weighted by molar-refractivity contribution is 8.00. The van der Waals surface area contributed by atoms with Crippen LogP contribution in [0.15, 0.2) is 64.4 Å². The van der Waals surface area contributed by atoms with Crippen LogP contribution in [0.3, 0.4) is 0 Å². The second-order valence-corrected chi connectivity index (χ2v) is 9.32. The lowest BCUT2D eigenvalue weighted by Crippen LogP contribution is -2.43. The summed E-state index contributed by atoms with van der Waals surface area (Å²) in [7, 11) is -3.47. The van der Waals surface area contributed by atoms with Gasteiger partial charge in [-0.1, -0.05) is 48.7 Å². The second kappa shape index (κ2) is 7.72. The largest absolute Gasteiger partial charge is 0.240 e. The molecular formula is C19H23NO2S2. The number of sulfonamides is 1. The van der Waals surface area contributed by atoms with E-state index in [1.54, 1.807) is 23.9 Å². The van der Waals surface area contributed by atoms with Crippen molar-refractivity contribution in [2.45, 2.75) is 53.7 Å². The SMILES string of the molecule is Cc1ccc(S(=O)(=O)NC2CCCCC2Sc2ccccc2)cc1. The molecule has 0 amide bonds. The van der Waals surface area contributed by atoms with Gasteiger partial charge < -0.3 is 0 Å². The molecule has 1 aliphatic rings. The third kappa shape index (κ3) is 4.41. The molecule has 0 radical (unpaired) electrons. The van der Waals surface area contributed by atoms with Crippen LogP contribution in [0.5, 0.6) is 0 Å². The van der Waals surface area contributed by atoms with E-state index in [1.165, 1.54) is 4.90 Å². The molecule has 0 bridgehead atoms. The number of rotatable bonds is 5. The van der Waals surface area contributed by atoms with E-state index in [0.29, 0.717) is 4.90 Å². The van der Waals surface area contributed by atoms with E-state index in [2.05, 4.69) is 16.9 Å². The summed E-state index contributed by atoms with van der Waals surface area (Å²) in [6, 6.07) is 17.2. The van der Waals surface area contributed by atoms with E-state index in [-0.39, 0.29) is 11.3 Å². The molecule has 3 nitrogen and oxygen atoms in total. The zero-order chi connectivity index (χ0) is 17.0. The fourth-order valence-corrected chi connectivity index (χ4v) is 5.75. The molecule has 0 saturated heterocycles. The van der Waals surface area contributed by atoms with Crippen LogP contribution in [0.1, 0.15) is 31.2 Å². The van der Waals surface area contributed by atoms with Crippen LogP contribution in [-0.4, -0.2) is 19.7 Å². The second-order valence-electron chi connectivity index (χ2n) is 6.29. The van der Waals surface area contributed by atoms with Gasteiger partial charge in [-0.3, -0.25) is 0 Å². The van der Waals surface area contributed by atoms with E-state index < -0.39 is 10.0 Å². The smallest absolute Gasteiger partial charge is 0.207 e. The van der Waals surface area contributed by atoms with Gasteiger partial charge in [-0.2, -0.15) is 0 Å². The molecule has 128 valence electrons. The maximum atomic E-state index is 12.7. The number of nitrogens with one attached hydrogen (secondary N) is 1. The molecule has 2 unspecified atom stereocenters. The molecule has 3 rings (SSSR count). The van der Waals surface area contributed by atoms with Gasteiger partial charge in [0.15, 0.2) is 0 Å². The van der Waals surface area contributed by atoms with Crippen molar-refractivity contribution in [1.29, 1.82) is 0 Å². The van der Waals surface area contributed by atoms with Crippen molar-refractivity contribution in [2.75, 3.05) is 0 Å². The first-order valence-electron chi connectivity index (χ1n) is 8.35. The van der Waals surface area contributed by atoms with Crippen LogP contribution in [0, 0.1) is 6.92 Å². The van der Waals surface area contributed by atoms with Crippen LogP contribution in [0.25, 0.3) is 0 Å². The van der Waals surface area contributed by atoms with E-state index in [4.69, 9.17) is 0 Å². The van der Waals surface area contributed by atoms with Crippen molar-refractivity contribution < 1.29 is 8.42 Å². The van der Waals surface area contributed by atoms with Crippen molar-refractivity contribution in [3.8, 4) is 0 Å². The molecule has 2 aromatic rings. The Labute approximate surface area is 148 Å². The lowest BCUT2D eigenvalue weighted by molar-refractivity contribution is 0.423. The van der Waals surface area contributed by atoms with Crippen LogP contribution >= 0.6 is 11.8 Å². The van der Waals surface area contributed by atoms with Gasteiger partial charge in [0, 0.05) is 16.2 Å². The van der Waals surface area contributed by atoms with Crippen LogP contribution in [0.2, 0.25) is 0 Å². The Morgan fingerprint density at radius 3 is 2.33 bits per heavy atom. The van der Waals surface area contributed by atoms with Gasteiger partial charge in [-0.15, -0.1) is 11.8 Å². The molecule has 1 aliphatic carbocycles. The summed E-state index contributed by atoms with van der Waals surface area (Å²) in [4.78, 5) is 1.55. The molecule has 1 saturated carbocycles. The third-order valence-electron chi connectivity index (χ3n) is 4.37. The molecule has 0 spiro atoms. The van der Waals surface area contributed by atoms with E-state index >= 15 is 0 Å². The molecule has 1 fully saturated rings. The maximum absolute atomic E-state index is 12.7. The molecule has 1 N–H and O–H groups in total. The van der Waals surface area contributed by atoms with Crippen LogP contribution in [0.4, 0.5) is 0 Å². The Hall–Kier alpha value is -1.30. The van der Waals surface area contributed by atoms with Gasteiger partial charge in [0.05, 0.1) is 4.90 Å². The highest BCUT2D eigenvalue weighted by atomic mass is 32.2. The van der Waals surface area contributed by atoms with Crippen molar-refractivity contribution in [3.05, 3.63) is 60.2 Å². The fourth-order valence-electron chi connectivity index (χ4n) is 3.03. The Morgan fingerprint density at radius 2 is 1.62 bits per heavy atom. The zero-order valence-corrected chi connectivity index (χ0v) is 15.4. The van der Waals surface area contributed by atoms with Gasteiger partial charge >= 0.3 is 0 Å². The van der Waals surface area contributed by atoms with Crippen molar-refractivity contribution in [2.24, 2.45) is 0 Å². The summed E-state index contributed by atoms with van der Waals surface area (Å²) in [6.45, 7) is 1.96. The van der Waals surface area contributed by atoms with Gasteiger partial charge in [0.2, 0.25) is 10.0 Å². The normalized spacial score (nSPS) is 21.5. The van der Waals surface area contributed by atoms with E-state index in [9.17, 15) is 8.42 Å². The summed E-state index contributed by atoms with van der Waals surface area (Å²) in [5.41, 5.74) is 1.06. The van der Waals surface area contributed by atoms with Crippen molar-refractivity contribution >= 4 is 21.8 Å².